The van der Waals surface area contributed by atoms with Crippen LogP contribution in [0.3, 0.4) is 0 Å². The number of hydrogen-bond acceptors (Lipinski definition) is 0. The van der Waals surface area contributed by atoms with Gasteiger partial charge in [0.1, 0.15) is 0 Å². The summed E-state index contributed by atoms with van der Waals surface area (Å²) in [6.07, 6.45) is 8.24. The van der Waals surface area contributed by atoms with Gasteiger partial charge in [0.05, 0.1) is 0 Å². The van der Waals surface area contributed by atoms with Gasteiger partial charge in [-0.15, -0.1) is 84.3 Å². The van der Waals surface area contributed by atoms with Gasteiger partial charge in [0, 0.05) is 0 Å². The fraction of sp³-hybridized carbons (Fsp3) is 0.235. The van der Waals surface area contributed by atoms with Crippen molar-refractivity contribution in [2.75, 3.05) is 13.3 Å². The van der Waals surface area contributed by atoms with Crippen LogP contribution in [0.1, 0.15) is 13.3 Å². The summed E-state index contributed by atoms with van der Waals surface area (Å²) in [5, 5.41) is 2.66. The van der Waals surface area contributed by atoms with E-state index in [4.69, 9.17) is 0 Å². The minimum Gasteiger partial charge on any atom is -0.273 e. The number of halogens is 2. The average molecular weight is 452 g/mol. The van der Waals surface area contributed by atoms with Crippen molar-refractivity contribution < 1.29 is 26.2 Å². The van der Waals surface area contributed by atoms with Crippen LogP contribution in [0.5, 0.6) is 0 Å². The first-order valence-corrected chi connectivity index (χ1v) is 10.4. The Morgan fingerprint density at radius 2 is 1.68 bits per heavy atom. The molecule has 1 aliphatic carbocycles. The van der Waals surface area contributed by atoms with Gasteiger partial charge < -0.3 is 0 Å². The van der Waals surface area contributed by atoms with E-state index in [0.29, 0.717) is 0 Å². The predicted octanol–water partition coefficient (Wildman–Crippen LogP) is 6.61. The third-order valence-electron chi connectivity index (χ3n) is 2.67. The van der Waals surface area contributed by atoms with E-state index in [2.05, 4.69) is 74.9 Å². The normalized spacial score (nSPS) is 11.7. The number of allylic oxidation sites excluding steroid dienone is 4. The summed E-state index contributed by atoms with van der Waals surface area (Å²) in [4.78, 5) is 0. The minimum atomic E-state index is 0. The summed E-state index contributed by atoms with van der Waals surface area (Å²) < 4.78 is 0. The van der Waals surface area contributed by atoms with Gasteiger partial charge in [-0.25, -0.2) is 11.6 Å². The molecule has 3 rings (SSSR count). The summed E-state index contributed by atoms with van der Waals surface area (Å²) in [6.45, 7) is 6.52. The fourth-order valence-corrected chi connectivity index (χ4v) is 1.57. The molecular weight excluding hydrogens is 428 g/mol. The summed E-state index contributed by atoms with van der Waals surface area (Å²) in [5.74, 6) is 0. The summed E-state index contributed by atoms with van der Waals surface area (Å²) >= 11 is 0. The van der Waals surface area contributed by atoms with E-state index in [1.807, 2.05) is 6.08 Å². The molecule has 22 heavy (non-hydrogen) atoms. The quantitative estimate of drug-likeness (QED) is 0.337. The minimum absolute atomic E-state index is 0. The van der Waals surface area contributed by atoms with Crippen molar-refractivity contribution in [1.29, 1.82) is 0 Å². The van der Waals surface area contributed by atoms with Crippen molar-refractivity contribution >= 4 is 52.1 Å². The summed E-state index contributed by atoms with van der Waals surface area (Å²) in [7, 11) is 2.34. The maximum Gasteiger partial charge on any atom is 2.00 e. The van der Waals surface area contributed by atoms with E-state index < -0.39 is 0 Å². The molecule has 0 saturated carbocycles. The third-order valence-corrected chi connectivity index (χ3v) is 4.67. The molecule has 2 atom stereocenters. The first kappa shape index (κ1) is 27.5. The zero-order valence-electron chi connectivity index (χ0n) is 13.2. The van der Waals surface area contributed by atoms with Gasteiger partial charge in [-0.05, 0) is 13.3 Å². The molecule has 0 N–H and O–H groups in total. The molecule has 0 nitrogen and oxygen atoms in total. The van der Waals surface area contributed by atoms with Crippen LogP contribution in [0.2, 0.25) is 0 Å². The van der Waals surface area contributed by atoms with Crippen LogP contribution in [0, 0.1) is 6.08 Å². The summed E-state index contributed by atoms with van der Waals surface area (Å²) in [5.41, 5.74) is 1.34. The summed E-state index contributed by atoms with van der Waals surface area (Å²) in [6, 6.07) is 14.7. The van der Waals surface area contributed by atoms with Gasteiger partial charge in [-0.3, -0.25) is 6.08 Å². The van der Waals surface area contributed by atoms with Gasteiger partial charge >= 0.3 is 26.2 Å². The van der Waals surface area contributed by atoms with Crippen molar-refractivity contribution in [3.05, 3.63) is 66.3 Å². The number of benzene rings is 1. The second kappa shape index (κ2) is 18.0. The van der Waals surface area contributed by atoms with E-state index in [9.17, 15) is 0 Å². The predicted molar refractivity (Wildman–Crippen MR) is 109 cm³/mol. The maximum absolute atomic E-state index is 3.05. The number of fused-ring (bicyclic) bond motifs is 1. The van der Waals surface area contributed by atoms with Crippen molar-refractivity contribution in [3.8, 4) is 0 Å². The van der Waals surface area contributed by atoms with Crippen LogP contribution in [0.4, 0.5) is 0 Å². The van der Waals surface area contributed by atoms with Crippen LogP contribution >= 0.6 is 41.4 Å². The van der Waals surface area contributed by atoms with Crippen LogP contribution in [-0.2, 0) is 26.2 Å². The Morgan fingerprint density at radius 1 is 1.05 bits per heavy atom. The Hall–Kier alpha value is 0.633. The Bertz CT molecular complexity index is 501. The smallest absolute Gasteiger partial charge is 0.273 e. The van der Waals surface area contributed by atoms with Gasteiger partial charge in [0.25, 0.3) is 0 Å². The SMILES string of the molecule is CC1=CC[C-]=C1.CPPC.Cl.Cl.[Zr+2].c1ccc2[cH-]ccc2c1. The molecule has 120 valence electrons. The third kappa shape index (κ3) is 12.1. The van der Waals surface area contributed by atoms with Gasteiger partial charge in [-0.2, -0.15) is 23.6 Å². The molecule has 2 unspecified atom stereocenters. The first-order valence-electron chi connectivity index (χ1n) is 6.45. The fourth-order valence-electron chi connectivity index (χ4n) is 1.57. The van der Waals surface area contributed by atoms with E-state index >= 15 is 0 Å². The molecule has 2 aromatic carbocycles. The topological polar surface area (TPSA) is 0 Å². The monoisotopic (exact) mass is 450 g/mol. The molecule has 0 amide bonds. The zero-order valence-corrected chi connectivity index (χ0v) is 19.3. The molecule has 0 aromatic heterocycles. The molecule has 0 bridgehead atoms. The number of hydrogen-bond donors (Lipinski definition) is 0. The Labute approximate surface area is 170 Å². The van der Waals surface area contributed by atoms with Gasteiger partial charge in [0.2, 0.25) is 0 Å². The van der Waals surface area contributed by atoms with Crippen molar-refractivity contribution in [1.82, 2.24) is 0 Å². The Kier molecular flexibility index (Phi) is 22.5. The van der Waals surface area contributed by atoms with E-state index in [1.165, 1.54) is 32.9 Å². The van der Waals surface area contributed by atoms with E-state index in [1.54, 1.807) is 0 Å². The van der Waals surface area contributed by atoms with Gasteiger partial charge in [-0.1, -0.05) is 6.07 Å². The van der Waals surface area contributed by atoms with E-state index in [0.717, 1.165) is 6.42 Å². The molecule has 5 heteroatoms. The van der Waals surface area contributed by atoms with Crippen molar-refractivity contribution in [2.24, 2.45) is 0 Å². The molecule has 1 aliphatic rings. The average Bonchev–Trinajstić information content (AvgIpc) is 3.10. The second-order valence-corrected chi connectivity index (χ2v) is 8.16. The van der Waals surface area contributed by atoms with E-state index in [-0.39, 0.29) is 51.0 Å². The molecule has 0 heterocycles. The molecule has 2 aromatic rings. The molecule has 0 spiro atoms. The molecule has 0 fully saturated rings. The molecule has 0 radical (unpaired) electrons. The molecule has 0 saturated heterocycles. The Balaban J connectivity index is -0.000000249. The van der Waals surface area contributed by atoms with Crippen LogP contribution in [0.25, 0.3) is 10.8 Å². The van der Waals surface area contributed by atoms with Crippen LogP contribution < -0.4 is 0 Å². The first-order chi connectivity index (χ1) is 9.27. The zero-order chi connectivity index (χ0) is 13.9. The maximum atomic E-state index is 3.05. The standard InChI is InChI=1S/C9H7.C6H7.C2H8P2.2ClH.Zr/c1-2-5-9-7-3-6-8(9)4-1;1-6-4-2-3-5-6;1-3-4-2;;;/h1-7H;4-5H,2H2,1H3;3-4H,1-2H3;2*1H;/q2*-1;;;;+2. The molecule has 0 aliphatic heterocycles. The van der Waals surface area contributed by atoms with Gasteiger partial charge in [0.15, 0.2) is 0 Å². The second-order valence-electron chi connectivity index (χ2n) is 4.16. The number of rotatable bonds is 1. The Morgan fingerprint density at radius 3 is 2.09 bits per heavy atom. The van der Waals surface area contributed by atoms with Crippen molar-refractivity contribution in [3.63, 3.8) is 0 Å². The van der Waals surface area contributed by atoms with Crippen molar-refractivity contribution in [2.45, 2.75) is 13.3 Å². The molecular formula is C17H24Cl2P2Zr. The largest absolute Gasteiger partial charge is 2.00 e. The van der Waals surface area contributed by atoms with Crippen LogP contribution in [0.15, 0.2) is 60.2 Å². The van der Waals surface area contributed by atoms with Crippen LogP contribution in [-0.4, -0.2) is 13.3 Å².